The minimum atomic E-state index is -0.143. The SMILES string of the molecule is Cc1ccc(C)c(NC(=O)c2ccccc2SCC(=O)N2CCCC2)c1. The molecule has 0 spiro atoms. The number of carbonyl (C=O) groups excluding carboxylic acids is 2. The van der Waals surface area contributed by atoms with Crippen molar-refractivity contribution in [1.29, 1.82) is 0 Å². The number of anilines is 1. The van der Waals surface area contributed by atoms with Crippen molar-refractivity contribution in [2.24, 2.45) is 0 Å². The monoisotopic (exact) mass is 368 g/mol. The third kappa shape index (κ3) is 4.47. The molecule has 3 rings (SSSR count). The second-order valence-electron chi connectivity index (χ2n) is 6.65. The number of nitrogens with one attached hydrogen (secondary N) is 1. The summed E-state index contributed by atoms with van der Waals surface area (Å²) in [4.78, 5) is 27.8. The topological polar surface area (TPSA) is 49.4 Å². The number of carbonyl (C=O) groups is 2. The van der Waals surface area contributed by atoms with E-state index in [0.717, 1.165) is 47.6 Å². The molecule has 1 fully saturated rings. The van der Waals surface area contributed by atoms with Crippen LogP contribution in [0.3, 0.4) is 0 Å². The highest BCUT2D eigenvalue weighted by molar-refractivity contribution is 8.00. The largest absolute Gasteiger partial charge is 0.342 e. The Kier molecular flexibility index (Phi) is 5.99. The van der Waals surface area contributed by atoms with Gasteiger partial charge in [0.1, 0.15) is 0 Å². The molecule has 1 aliphatic rings. The van der Waals surface area contributed by atoms with E-state index in [1.165, 1.54) is 11.8 Å². The van der Waals surface area contributed by atoms with Gasteiger partial charge in [0.15, 0.2) is 0 Å². The Morgan fingerprint density at radius 1 is 1.08 bits per heavy atom. The summed E-state index contributed by atoms with van der Waals surface area (Å²) >= 11 is 1.44. The second kappa shape index (κ2) is 8.41. The first-order valence-corrected chi connectivity index (χ1v) is 9.91. The third-order valence-electron chi connectivity index (χ3n) is 4.58. The summed E-state index contributed by atoms with van der Waals surface area (Å²) < 4.78 is 0. The van der Waals surface area contributed by atoms with E-state index in [2.05, 4.69) is 5.32 Å². The van der Waals surface area contributed by atoms with E-state index in [9.17, 15) is 9.59 Å². The Morgan fingerprint density at radius 2 is 1.81 bits per heavy atom. The van der Waals surface area contributed by atoms with Gasteiger partial charge in [-0.3, -0.25) is 9.59 Å². The number of nitrogens with zero attached hydrogens (tertiary/aromatic N) is 1. The molecule has 1 heterocycles. The van der Waals surface area contributed by atoms with Gasteiger partial charge in [-0.1, -0.05) is 24.3 Å². The molecule has 26 heavy (non-hydrogen) atoms. The Balaban J connectivity index is 1.70. The smallest absolute Gasteiger partial charge is 0.256 e. The highest BCUT2D eigenvalue weighted by Gasteiger charge is 2.19. The van der Waals surface area contributed by atoms with E-state index in [4.69, 9.17) is 0 Å². The quantitative estimate of drug-likeness (QED) is 0.802. The maximum atomic E-state index is 12.8. The molecule has 0 aromatic heterocycles. The molecular weight excluding hydrogens is 344 g/mol. The van der Waals surface area contributed by atoms with Gasteiger partial charge in [-0.25, -0.2) is 0 Å². The standard InChI is InChI=1S/C21H24N2O2S/c1-15-9-10-16(2)18(13-15)22-21(25)17-7-3-4-8-19(17)26-14-20(24)23-11-5-6-12-23/h3-4,7-10,13H,5-6,11-12,14H2,1-2H3,(H,22,25). The number of amides is 2. The average Bonchev–Trinajstić information content (AvgIpc) is 3.18. The Morgan fingerprint density at radius 3 is 2.58 bits per heavy atom. The van der Waals surface area contributed by atoms with Crippen molar-refractivity contribution in [3.05, 3.63) is 59.2 Å². The van der Waals surface area contributed by atoms with Gasteiger partial charge in [0, 0.05) is 23.7 Å². The zero-order valence-electron chi connectivity index (χ0n) is 15.2. The van der Waals surface area contributed by atoms with Crippen LogP contribution in [0.25, 0.3) is 0 Å². The van der Waals surface area contributed by atoms with Crippen molar-refractivity contribution in [3.8, 4) is 0 Å². The van der Waals surface area contributed by atoms with Crippen LogP contribution in [0.1, 0.15) is 34.3 Å². The minimum Gasteiger partial charge on any atom is -0.342 e. The Labute approximate surface area is 159 Å². The van der Waals surface area contributed by atoms with Crippen molar-refractivity contribution >= 4 is 29.3 Å². The van der Waals surface area contributed by atoms with E-state index >= 15 is 0 Å². The summed E-state index contributed by atoms with van der Waals surface area (Å²) in [5.41, 5.74) is 3.55. The predicted octanol–water partition coefficient (Wildman–Crippen LogP) is 4.27. The minimum absolute atomic E-state index is 0.143. The molecular formula is C21H24N2O2S. The Hall–Kier alpha value is -2.27. The van der Waals surface area contributed by atoms with Gasteiger partial charge in [-0.05, 0) is 56.0 Å². The molecule has 2 aromatic carbocycles. The van der Waals surface area contributed by atoms with E-state index in [0.29, 0.717) is 11.3 Å². The first kappa shape index (κ1) is 18.5. The molecule has 1 N–H and O–H groups in total. The molecule has 0 atom stereocenters. The van der Waals surface area contributed by atoms with Gasteiger partial charge in [0.2, 0.25) is 5.91 Å². The molecule has 5 heteroatoms. The molecule has 2 amide bonds. The third-order valence-corrected chi connectivity index (χ3v) is 5.64. The van der Waals surface area contributed by atoms with Gasteiger partial charge in [-0.15, -0.1) is 11.8 Å². The lowest BCUT2D eigenvalue weighted by atomic mass is 10.1. The van der Waals surface area contributed by atoms with E-state index in [-0.39, 0.29) is 11.8 Å². The lowest BCUT2D eigenvalue weighted by Crippen LogP contribution is -2.29. The summed E-state index contributed by atoms with van der Waals surface area (Å²) in [6.07, 6.45) is 2.18. The van der Waals surface area contributed by atoms with Crippen molar-refractivity contribution in [2.75, 3.05) is 24.2 Å². The van der Waals surface area contributed by atoms with Crippen LogP contribution in [-0.2, 0) is 4.79 Å². The molecule has 0 radical (unpaired) electrons. The highest BCUT2D eigenvalue weighted by atomic mass is 32.2. The van der Waals surface area contributed by atoms with Gasteiger partial charge < -0.3 is 10.2 Å². The van der Waals surface area contributed by atoms with Crippen LogP contribution in [0.2, 0.25) is 0 Å². The normalized spacial score (nSPS) is 13.7. The van der Waals surface area contributed by atoms with E-state index in [1.54, 1.807) is 0 Å². The summed E-state index contributed by atoms with van der Waals surface area (Å²) in [6, 6.07) is 13.5. The maximum Gasteiger partial charge on any atom is 0.256 e. The number of hydrogen-bond acceptors (Lipinski definition) is 3. The number of thioether (sulfide) groups is 1. The fourth-order valence-corrected chi connectivity index (χ4v) is 3.99. The number of likely N-dealkylation sites (tertiary alicyclic amines) is 1. The van der Waals surface area contributed by atoms with Crippen LogP contribution in [0.15, 0.2) is 47.4 Å². The number of aryl methyl sites for hydroxylation is 2. The molecule has 2 aromatic rings. The second-order valence-corrected chi connectivity index (χ2v) is 7.66. The summed E-state index contributed by atoms with van der Waals surface area (Å²) in [5.74, 6) is 0.376. The van der Waals surface area contributed by atoms with Crippen molar-refractivity contribution < 1.29 is 9.59 Å². The van der Waals surface area contributed by atoms with Crippen LogP contribution in [0.5, 0.6) is 0 Å². The van der Waals surface area contributed by atoms with E-state index in [1.807, 2.05) is 61.2 Å². The van der Waals surface area contributed by atoms with Crippen molar-refractivity contribution in [2.45, 2.75) is 31.6 Å². The molecule has 136 valence electrons. The van der Waals surface area contributed by atoms with Crippen molar-refractivity contribution in [1.82, 2.24) is 4.90 Å². The first-order chi connectivity index (χ1) is 12.5. The average molecular weight is 369 g/mol. The van der Waals surface area contributed by atoms with Crippen LogP contribution >= 0.6 is 11.8 Å². The van der Waals surface area contributed by atoms with Gasteiger partial charge in [0.05, 0.1) is 11.3 Å². The zero-order chi connectivity index (χ0) is 18.5. The van der Waals surface area contributed by atoms with Crippen LogP contribution in [-0.4, -0.2) is 35.6 Å². The number of hydrogen-bond donors (Lipinski definition) is 1. The summed E-state index contributed by atoms with van der Waals surface area (Å²) in [7, 11) is 0. The molecule has 0 saturated carbocycles. The zero-order valence-corrected chi connectivity index (χ0v) is 16.1. The molecule has 0 aliphatic carbocycles. The van der Waals surface area contributed by atoms with Gasteiger partial charge in [-0.2, -0.15) is 0 Å². The highest BCUT2D eigenvalue weighted by Crippen LogP contribution is 2.25. The van der Waals surface area contributed by atoms with Crippen LogP contribution < -0.4 is 5.32 Å². The lowest BCUT2D eigenvalue weighted by molar-refractivity contribution is -0.127. The molecule has 0 unspecified atom stereocenters. The maximum absolute atomic E-state index is 12.8. The molecule has 4 nitrogen and oxygen atoms in total. The van der Waals surface area contributed by atoms with E-state index < -0.39 is 0 Å². The summed E-state index contributed by atoms with van der Waals surface area (Å²) in [5, 5.41) is 3.00. The van der Waals surface area contributed by atoms with Crippen LogP contribution in [0, 0.1) is 13.8 Å². The fraction of sp³-hybridized carbons (Fsp3) is 0.333. The van der Waals surface area contributed by atoms with Crippen molar-refractivity contribution in [3.63, 3.8) is 0 Å². The molecule has 1 saturated heterocycles. The fourth-order valence-electron chi connectivity index (χ4n) is 3.04. The van der Waals surface area contributed by atoms with Gasteiger partial charge >= 0.3 is 0 Å². The number of benzene rings is 2. The predicted molar refractivity (Wildman–Crippen MR) is 107 cm³/mol. The molecule has 0 bridgehead atoms. The first-order valence-electron chi connectivity index (χ1n) is 8.93. The van der Waals surface area contributed by atoms with Crippen LogP contribution in [0.4, 0.5) is 5.69 Å². The number of rotatable bonds is 5. The molecule has 1 aliphatic heterocycles. The van der Waals surface area contributed by atoms with Gasteiger partial charge in [0.25, 0.3) is 5.91 Å². The Bertz CT molecular complexity index is 813. The lowest BCUT2D eigenvalue weighted by Gasteiger charge is -2.16. The summed E-state index contributed by atoms with van der Waals surface area (Å²) in [6.45, 7) is 5.69.